The van der Waals surface area contributed by atoms with Crippen LogP contribution in [0.3, 0.4) is 0 Å². The molecule has 1 aromatic carbocycles. The molecule has 1 rings (SSSR count). The lowest BCUT2D eigenvalue weighted by atomic mass is 10.1. The van der Waals surface area contributed by atoms with Crippen molar-refractivity contribution >= 4 is 11.8 Å². The third kappa shape index (κ3) is 4.37. The van der Waals surface area contributed by atoms with Gasteiger partial charge in [0.25, 0.3) is 0 Å². The molecule has 0 saturated carbocycles. The van der Waals surface area contributed by atoms with Crippen molar-refractivity contribution in [2.75, 3.05) is 20.0 Å². The zero-order chi connectivity index (χ0) is 14.4. The van der Waals surface area contributed by atoms with Gasteiger partial charge in [-0.25, -0.2) is 4.39 Å². The van der Waals surface area contributed by atoms with Gasteiger partial charge >= 0.3 is 0 Å². The topological polar surface area (TPSA) is 41.5 Å². The van der Waals surface area contributed by atoms with Gasteiger partial charge in [-0.2, -0.15) is 11.8 Å². The Kier molecular flexibility index (Phi) is 6.62. The molecule has 0 bridgehead atoms. The van der Waals surface area contributed by atoms with Gasteiger partial charge < -0.3 is 15.2 Å². The van der Waals surface area contributed by atoms with E-state index in [4.69, 9.17) is 4.74 Å². The Hall–Kier alpha value is -0.780. The molecule has 0 spiro atoms. The summed E-state index contributed by atoms with van der Waals surface area (Å²) in [7, 11) is 1.52. The Balaban J connectivity index is 2.75. The van der Waals surface area contributed by atoms with Gasteiger partial charge in [0, 0.05) is 29.0 Å². The lowest BCUT2D eigenvalue weighted by Crippen LogP contribution is -2.39. The van der Waals surface area contributed by atoms with Crippen LogP contribution < -0.4 is 10.1 Å². The van der Waals surface area contributed by atoms with E-state index in [-0.39, 0.29) is 29.8 Å². The highest BCUT2D eigenvalue weighted by Gasteiger charge is 2.19. The minimum absolute atomic E-state index is 0.0940. The molecule has 0 aliphatic carbocycles. The van der Waals surface area contributed by atoms with E-state index in [1.165, 1.54) is 13.2 Å². The number of hydrogen-bond donors (Lipinski definition) is 2. The zero-order valence-electron chi connectivity index (χ0n) is 11.8. The van der Waals surface area contributed by atoms with Crippen LogP contribution in [-0.4, -0.2) is 36.4 Å². The number of aliphatic hydroxyl groups excluding tert-OH is 1. The Morgan fingerprint density at radius 2 is 2.11 bits per heavy atom. The molecule has 1 aromatic rings. The summed E-state index contributed by atoms with van der Waals surface area (Å²) in [5.74, 6) is 0.232. The van der Waals surface area contributed by atoms with Crippen LogP contribution in [-0.2, 0) is 0 Å². The van der Waals surface area contributed by atoms with E-state index in [2.05, 4.69) is 5.32 Å². The Labute approximate surface area is 118 Å². The molecular formula is C14H22FNO2S. The first-order valence-electron chi connectivity index (χ1n) is 6.26. The van der Waals surface area contributed by atoms with Crippen LogP contribution in [0.5, 0.6) is 5.75 Å². The van der Waals surface area contributed by atoms with Gasteiger partial charge in [-0.15, -0.1) is 0 Å². The van der Waals surface area contributed by atoms with Gasteiger partial charge in [0.1, 0.15) is 11.6 Å². The molecule has 19 heavy (non-hydrogen) atoms. The molecular weight excluding hydrogens is 265 g/mol. The fourth-order valence-electron chi connectivity index (χ4n) is 2.01. The summed E-state index contributed by atoms with van der Waals surface area (Å²) in [5, 5.41) is 12.7. The molecule has 3 unspecified atom stereocenters. The van der Waals surface area contributed by atoms with Crippen molar-refractivity contribution < 1.29 is 14.2 Å². The fraction of sp³-hybridized carbons (Fsp3) is 0.571. The molecule has 108 valence electrons. The van der Waals surface area contributed by atoms with Gasteiger partial charge in [0.05, 0.1) is 13.7 Å². The van der Waals surface area contributed by atoms with E-state index in [1.807, 2.05) is 20.1 Å². The van der Waals surface area contributed by atoms with Crippen molar-refractivity contribution in [2.24, 2.45) is 0 Å². The lowest BCUT2D eigenvalue weighted by molar-refractivity contribution is 0.271. The van der Waals surface area contributed by atoms with Crippen LogP contribution in [0.25, 0.3) is 0 Å². The summed E-state index contributed by atoms with van der Waals surface area (Å²) in [6, 6.07) is 4.83. The van der Waals surface area contributed by atoms with E-state index in [0.29, 0.717) is 11.3 Å². The molecule has 2 N–H and O–H groups in total. The third-order valence-electron chi connectivity index (χ3n) is 3.23. The summed E-state index contributed by atoms with van der Waals surface area (Å²) in [6.07, 6.45) is 1.96. The molecule has 0 aromatic heterocycles. The largest absolute Gasteiger partial charge is 0.497 e. The summed E-state index contributed by atoms with van der Waals surface area (Å²) >= 11 is 1.60. The normalized spacial score (nSPS) is 15.9. The number of ether oxygens (including phenoxy) is 1. The Morgan fingerprint density at radius 1 is 1.42 bits per heavy atom. The van der Waals surface area contributed by atoms with E-state index >= 15 is 0 Å². The van der Waals surface area contributed by atoms with Crippen LogP contribution >= 0.6 is 11.8 Å². The molecule has 0 aliphatic rings. The summed E-state index contributed by atoms with van der Waals surface area (Å²) in [6.45, 7) is 4.01. The molecule has 0 amide bonds. The number of rotatable bonds is 7. The fourth-order valence-corrected chi connectivity index (χ4v) is 2.65. The first-order chi connectivity index (χ1) is 9.03. The van der Waals surface area contributed by atoms with Crippen LogP contribution in [0.1, 0.15) is 25.5 Å². The van der Waals surface area contributed by atoms with Crippen LogP contribution in [0.2, 0.25) is 0 Å². The predicted molar refractivity (Wildman–Crippen MR) is 78.4 cm³/mol. The second-order valence-corrected chi connectivity index (χ2v) is 5.60. The molecule has 3 atom stereocenters. The highest BCUT2D eigenvalue weighted by Crippen LogP contribution is 2.23. The minimum Gasteiger partial charge on any atom is -0.497 e. The SMILES string of the molecule is COc1ccc(C(C)NC(C)C(CO)SC)c(F)c1. The Morgan fingerprint density at radius 3 is 2.58 bits per heavy atom. The maximum absolute atomic E-state index is 13.9. The van der Waals surface area contributed by atoms with Crippen molar-refractivity contribution in [3.63, 3.8) is 0 Å². The first kappa shape index (κ1) is 16.3. The van der Waals surface area contributed by atoms with Crippen molar-refractivity contribution in [1.82, 2.24) is 5.32 Å². The van der Waals surface area contributed by atoms with Gasteiger partial charge in [-0.05, 0) is 26.2 Å². The molecule has 0 aliphatic heterocycles. The summed E-state index contributed by atoms with van der Waals surface area (Å²) in [5.41, 5.74) is 0.602. The third-order valence-corrected chi connectivity index (χ3v) is 4.39. The minimum atomic E-state index is -0.281. The standard InChI is InChI=1S/C14H22FNO2S/c1-9(16-10(2)14(8-17)19-4)12-6-5-11(18-3)7-13(12)15/h5-7,9-10,14,16-17H,8H2,1-4H3. The maximum Gasteiger partial charge on any atom is 0.131 e. The molecule has 5 heteroatoms. The van der Waals surface area contributed by atoms with Gasteiger partial charge in [0.2, 0.25) is 0 Å². The number of nitrogens with one attached hydrogen (secondary N) is 1. The van der Waals surface area contributed by atoms with E-state index in [9.17, 15) is 9.50 Å². The highest BCUT2D eigenvalue weighted by atomic mass is 32.2. The average molecular weight is 287 g/mol. The second-order valence-electron chi connectivity index (χ2n) is 4.52. The van der Waals surface area contributed by atoms with Crippen molar-refractivity contribution in [3.8, 4) is 5.75 Å². The highest BCUT2D eigenvalue weighted by molar-refractivity contribution is 7.99. The first-order valence-corrected chi connectivity index (χ1v) is 7.55. The number of thioether (sulfide) groups is 1. The zero-order valence-corrected chi connectivity index (χ0v) is 12.6. The van der Waals surface area contributed by atoms with Crippen LogP contribution in [0.15, 0.2) is 18.2 Å². The second kappa shape index (κ2) is 7.72. The Bertz CT molecular complexity index is 399. The molecule has 0 fully saturated rings. The average Bonchev–Trinajstić information content (AvgIpc) is 2.39. The molecule has 0 saturated heterocycles. The van der Waals surface area contributed by atoms with Gasteiger partial charge in [-0.1, -0.05) is 6.07 Å². The summed E-state index contributed by atoms with van der Waals surface area (Å²) in [4.78, 5) is 0. The number of halogens is 1. The number of methoxy groups -OCH3 is 1. The van der Waals surface area contributed by atoms with E-state index in [0.717, 1.165) is 0 Å². The van der Waals surface area contributed by atoms with Crippen molar-refractivity contribution in [3.05, 3.63) is 29.6 Å². The molecule has 0 heterocycles. The predicted octanol–water partition coefficient (Wildman–Crippen LogP) is 2.60. The smallest absolute Gasteiger partial charge is 0.131 e. The molecule has 3 nitrogen and oxygen atoms in total. The van der Waals surface area contributed by atoms with Crippen LogP contribution in [0, 0.1) is 5.82 Å². The van der Waals surface area contributed by atoms with E-state index < -0.39 is 0 Å². The summed E-state index contributed by atoms with van der Waals surface area (Å²) < 4.78 is 18.9. The van der Waals surface area contributed by atoms with Gasteiger partial charge in [-0.3, -0.25) is 0 Å². The maximum atomic E-state index is 13.9. The molecule has 0 radical (unpaired) electrons. The number of hydrogen-bond acceptors (Lipinski definition) is 4. The quantitative estimate of drug-likeness (QED) is 0.809. The van der Waals surface area contributed by atoms with Crippen LogP contribution in [0.4, 0.5) is 4.39 Å². The number of aliphatic hydroxyl groups is 1. The van der Waals surface area contributed by atoms with Crippen molar-refractivity contribution in [2.45, 2.75) is 31.2 Å². The van der Waals surface area contributed by atoms with Gasteiger partial charge in [0.15, 0.2) is 0 Å². The lowest BCUT2D eigenvalue weighted by Gasteiger charge is -2.26. The van der Waals surface area contributed by atoms with E-state index in [1.54, 1.807) is 23.9 Å². The number of benzene rings is 1. The monoisotopic (exact) mass is 287 g/mol. The van der Waals surface area contributed by atoms with Crippen molar-refractivity contribution in [1.29, 1.82) is 0 Å².